The predicted octanol–water partition coefficient (Wildman–Crippen LogP) is 4.74. The average Bonchev–Trinajstić information content (AvgIpc) is 3.21. The number of fused-ring (bicyclic) bond motifs is 3. The summed E-state index contributed by atoms with van der Waals surface area (Å²) in [6, 6.07) is 12.3. The molecule has 0 fully saturated rings. The van der Waals surface area contributed by atoms with E-state index in [0.29, 0.717) is 16.7 Å². The molecule has 0 bridgehead atoms. The van der Waals surface area contributed by atoms with Crippen molar-refractivity contribution in [2.75, 3.05) is 4.90 Å². The Morgan fingerprint density at radius 2 is 1.67 bits per heavy atom. The predicted molar refractivity (Wildman–Crippen MR) is 113 cm³/mol. The Morgan fingerprint density at radius 3 is 2.39 bits per heavy atom. The molecule has 0 spiro atoms. The molecular formula is C23H15F3N4O3. The van der Waals surface area contributed by atoms with Gasteiger partial charge in [-0.2, -0.15) is 5.10 Å². The Morgan fingerprint density at radius 1 is 0.939 bits per heavy atom. The summed E-state index contributed by atoms with van der Waals surface area (Å²) < 4.78 is 43.4. The number of carbonyl (C=O) groups is 2. The van der Waals surface area contributed by atoms with Crippen LogP contribution in [-0.4, -0.2) is 32.9 Å². The molecule has 2 aromatic heterocycles. The van der Waals surface area contributed by atoms with E-state index in [1.165, 1.54) is 18.3 Å². The first-order chi connectivity index (χ1) is 15.6. The van der Waals surface area contributed by atoms with Crippen LogP contribution in [-0.2, 0) is 0 Å². The first-order valence-electron chi connectivity index (χ1n) is 9.84. The van der Waals surface area contributed by atoms with Gasteiger partial charge in [-0.25, -0.2) is 14.6 Å². The highest BCUT2D eigenvalue weighted by Gasteiger charge is 2.40. The van der Waals surface area contributed by atoms with E-state index in [1.54, 1.807) is 11.6 Å². The molecule has 7 nitrogen and oxygen atoms in total. The molecule has 0 aliphatic carbocycles. The van der Waals surface area contributed by atoms with Gasteiger partial charge in [0.2, 0.25) is 0 Å². The minimum absolute atomic E-state index is 0.0418. The number of amides is 2. The van der Waals surface area contributed by atoms with Crippen molar-refractivity contribution < 1.29 is 27.5 Å². The van der Waals surface area contributed by atoms with Gasteiger partial charge in [-0.1, -0.05) is 18.2 Å². The van der Waals surface area contributed by atoms with Crippen molar-refractivity contribution in [2.24, 2.45) is 0 Å². The van der Waals surface area contributed by atoms with Crippen LogP contribution in [0.15, 0.2) is 54.7 Å². The first kappa shape index (κ1) is 20.7. The number of nitrogens with zero attached hydrogens (tertiary/aromatic N) is 4. The van der Waals surface area contributed by atoms with Crippen LogP contribution < -0.4 is 9.64 Å². The Hall–Kier alpha value is -4.21. The van der Waals surface area contributed by atoms with Gasteiger partial charge in [0.05, 0.1) is 33.6 Å². The molecule has 5 rings (SSSR count). The van der Waals surface area contributed by atoms with Crippen LogP contribution in [0.2, 0.25) is 0 Å². The Bertz CT molecular complexity index is 1460. The fraction of sp³-hybridized carbons (Fsp3) is 0.130. The Balaban J connectivity index is 1.63. The molecule has 1 aliphatic rings. The third kappa shape index (κ3) is 3.39. The number of pyridine rings is 1. The summed E-state index contributed by atoms with van der Waals surface area (Å²) in [5.74, 6) is -1.89. The van der Waals surface area contributed by atoms with Crippen LogP contribution >= 0.6 is 0 Å². The fourth-order valence-electron chi connectivity index (χ4n) is 3.95. The summed E-state index contributed by atoms with van der Waals surface area (Å²) in [5, 5.41) is 4.93. The molecule has 0 saturated heterocycles. The summed E-state index contributed by atoms with van der Waals surface area (Å²) in [5.41, 5.74) is 2.77. The molecule has 10 heteroatoms. The lowest BCUT2D eigenvalue weighted by molar-refractivity contribution is -0.274. The molecule has 0 radical (unpaired) electrons. The maximum atomic E-state index is 13.3. The lowest BCUT2D eigenvalue weighted by atomic mass is 10.1. The number of halogens is 3. The molecule has 0 atom stereocenters. The molecule has 33 heavy (non-hydrogen) atoms. The number of imide groups is 1. The van der Waals surface area contributed by atoms with Gasteiger partial charge in [-0.15, -0.1) is 13.2 Å². The normalized spacial score (nSPS) is 13.7. The van der Waals surface area contributed by atoms with Crippen LogP contribution in [0.5, 0.6) is 5.75 Å². The van der Waals surface area contributed by atoms with Gasteiger partial charge in [0.25, 0.3) is 11.8 Å². The van der Waals surface area contributed by atoms with Crippen molar-refractivity contribution in [1.82, 2.24) is 14.8 Å². The van der Waals surface area contributed by atoms with E-state index in [1.807, 2.05) is 31.2 Å². The number of alkyl halides is 3. The molecule has 4 aromatic rings. The van der Waals surface area contributed by atoms with Crippen molar-refractivity contribution in [3.8, 4) is 11.4 Å². The lowest BCUT2D eigenvalue weighted by Gasteiger charge is -2.15. The number of aromatic nitrogens is 3. The molecule has 3 heterocycles. The van der Waals surface area contributed by atoms with Crippen molar-refractivity contribution in [2.45, 2.75) is 20.2 Å². The highest BCUT2D eigenvalue weighted by atomic mass is 19.4. The standard InChI is InChI=1S/C23H15F3N4O3/c1-12-5-3-7-15(9-12)30-20-18(13(2)28-30)19-17(11-27-20)21(31)29(22(19)32)14-6-4-8-16(10-14)33-23(24,25)26/h3-11H,1-2H3. The second kappa shape index (κ2) is 7.16. The topological polar surface area (TPSA) is 77.3 Å². The van der Waals surface area contributed by atoms with E-state index in [2.05, 4.69) is 14.8 Å². The number of benzene rings is 2. The van der Waals surface area contributed by atoms with Crippen molar-refractivity contribution in [3.63, 3.8) is 0 Å². The molecule has 1 aliphatic heterocycles. The summed E-state index contributed by atoms with van der Waals surface area (Å²) in [4.78, 5) is 31.6. The van der Waals surface area contributed by atoms with Gasteiger partial charge in [0, 0.05) is 12.3 Å². The third-order valence-electron chi connectivity index (χ3n) is 5.28. The Labute approximate surface area is 185 Å². The maximum Gasteiger partial charge on any atom is 0.573 e. The number of carbonyl (C=O) groups excluding carboxylic acids is 2. The van der Waals surface area contributed by atoms with Gasteiger partial charge in [0.1, 0.15) is 5.75 Å². The minimum atomic E-state index is -4.90. The third-order valence-corrected chi connectivity index (χ3v) is 5.28. The zero-order chi connectivity index (χ0) is 23.5. The number of hydrogen-bond acceptors (Lipinski definition) is 5. The van der Waals surface area contributed by atoms with Gasteiger partial charge in [0.15, 0.2) is 5.65 Å². The second-order valence-corrected chi connectivity index (χ2v) is 7.57. The quantitative estimate of drug-likeness (QED) is 0.420. The monoisotopic (exact) mass is 452 g/mol. The summed E-state index contributed by atoms with van der Waals surface area (Å²) in [7, 11) is 0. The molecule has 166 valence electrons. The van der Waals surface area contributed by atoms with Gasteiger partial charge in [-0.3, -0.25) is 9.59 Å². The van der Waals surface area contributed by atoms with Gasteiger partial charge < -0.3 is 4.74 Å². The van der Waals surface area contributed by atoms with E-state index >= 15 is 0 Å². The number of aryl methyl sites for hydroxylation is 2. The van der Waals surface area contributed by atoms with E-state index in [4.69, 9.17) is 0 Å². The fourth-order valence-corrected chi connectivity index (χ4v) is 3.95. The molecule has 0 saturated carbocycles. The van der Waals surface area contributed by atoms with Gasteiger partial charge in [-0.05, 0) is 43.7 Å². The van der Waals surface area contributed by atoms with E-state index in [0.717, 1.165) is 28.3 Å². The van der Waals surface area contributed by atoms with Crippen molar-refractivity contribution >= 4 is 28.5 Å². The zero-order valence-electron chi connectivity index (χ0n) is 17.3. The largest absolute Gasteiger partial charge is 0.573 e. The summed E-state index contributed by atoms with van der Waals surface area (Å²) in [6.07, 6.45) is -3.61. The highest BCUT2D eigenvalue weighted by molar-refractivity contribution is 6.37. The first-order valence-corrected chi connectivity index (χ1v) is 9.84. The van der Waals surface area contributed by atoms with Crippen LogP contribution in [0, 0.1) is 13.8 Å². The van der Waals surface area contributed by atoms with Crippen LogP contribution in [0.3, 0.4) is 0 Å². The summed E-state index contributed by atoms with van der Waals surface area (Å²) >= 11 is 0. The average molecular weight is 452 g/mol. The SMILES string of the molecule is Cc1cccc(-n2nc(C)c3c4c(cnc32)C(=O)N(c2cccc(OC(F)(F)F)c2)C4=O)c1. The molecular weight excluding hydrogens is 437 g/mol. The van der Waals surface area contributed by atoms with Crippen LogP contribution in [0.25, 0.3) is 16.7 Å². The van der Waals surface area contributed by atoms with E-state index < -0.39 is 23.9 Å². The minimum Gasteiger partial charge on any atom is -0.406 e. The number of ether oxygens (including phenoxy) is 1. The zero-order valence-corrected chi connectivity index (χ0v) is 17.3. The molecule has 2 amide bonds. The Kier molecular flexibility index (Phi) is 4.48. The second-order valence-electron chi connectivity index (χ2n) is 7.57. The number of rotatable bonds is 3. The van der Waals surface area contributed by atoms with Crippen LogP contribution in [0.1, 0.15) is 32.0 Å². The number of hydrogen-bond donors (Lipinski definition) is 0. The number of anilines is 1. The lowest BCUT2D eigenvalue weighted by Crippen LogP contribution is -2.29. The van der Waals surface area contributed by atoms with Gasteiger partial charge >= 0.3 is 6.36 Å². The summed E-state index contributed by atoms with van der Waals surface area (Å²) in [6.45, 7) is 3.64. The molecule has 2 aromatic carbocycles. The molecule has 0 N–H and O–H groups in total. The van der Waals surface area contributed by atoms with Crippen LogP contribution in [0.4, 0.5) is 18.9 Å². The highest BCUT2D eigenvalue weighted by Crippen LogP contribution is 2.36. The smallest absolute Gasteiger partial charge is 0.406 e. The maximum absolute atomic E-state index is 13.3. The van der Waals surface area contributed by atoms with Crippen molar-refractivity contribution in [3.05, 3.63) is 77.1 Å². The van der Waals surface area contributed by atoms with Crippen molar-refractivity contribution in [1.29, 1.82) is 0 Å². The molecule has 0 unspecified atom stereocenters. The van der Waals surface area contributed by atoms with E-state index in [9.17, 15) is 22.8 Å². The van der Waals surface area contributed by atoms with E-state index in [-0.39, 0.29) is 16.8 Å².